The predicted octanol–water partition coefficient (Wildman–Crippen LogP) is 1.92. The highest BCUT2D eigenvalue weighted by Gasteiger charge is 2.33. The molecule has 3 amide bonds. The van der Waals surface area contributed by atoms with Crippen molar-refractivity contribution in [2.75, 3.05) is 20.1 Å². The van der Waals surface area contributed by atoms with Gasteiger partial charge in [-0.25, -0.2) is 4.79 Å². The molecule has 1 aromatic rings. The van der Waals surface area contributed by atoms with Crippen LogP contribution < -0.4 is 5.73 Å². The Morgan fingerprint density at radius 3 is 2.55 bits per heavy atom. The normalized spacial score (nSPS) is 21.5. The van der Waals surface area contributed by atoms with Crippen molar-refractivity contribution in [2.45, 2.75) is 31.7 Å². The van der Waals surface area contributed by atoms with Gasteiger partial charge in [-0.3, -0.25) is 4.79 Å². The van der Waals surface area contributed by atoms with Crippen molar-refractivity contribution >= 4 is 11.9 Å². The van der Waals surface area contributed by atoms with Gasteiger partial charge in [0, 0.05) is 26.1 Å². The Labute approximate surface area is 131 Å². The second kappa shape index (κ2) is 5.99. The number of fused-ring (bicyclic) bond motifs is 1. The average Bonchev–Trinajstić information content (AvgIpc) is 2.97. The summed E-state index contributed by atoms with van der Waals surface area (Å²) >= 11 is 0. The van der Waals surface area contributed by atoms with Gasteiger partial charge in [0.05, 0.1) is 6.04 Å². The van der Waals surface area contributed by atoms with E-state index in [0.29, 0.717) is 25.9 Å². The third-order valence-corrected chi connectivity index (χ3v) is 5.07. The standard InChI is InChI=1S/C17H23N3O2/c1-19(15-7-6-12-4-2-3-5-14(12)15)16(21)13-8-10-20(11-9-13)17(18)22/h2-5,13,15H,6-11H2,1H3,(H2,18,22)/t15-/m1/s1. The largest absolute Gasteiger partial charge is 0.351 e. The van der Waals surface area contributed by atoms with Crippen LogP contribution in [0.15, 0.2) is 24.3 Å². The summed E-state index contributed by atoms with van der Waals surface area (Å²) in [5, 5.41) is 0. The first-order valence-corrected chi connectivity index (χ1v) is 7.97. The van der Waals surface area contributed by atoms with Crippen LogP contribution in [0.4, 0.5) is 4.79 Å². The van der Waals surface area contributed by atoms with Crippen LogP contribution in [0.1, 0.15) is 36.4 Å². The molecule has 0 radical (unpaired) electrons. The molecule has 0 saturated carbocycles. The number of carbonyl (C=O) groups excluding carboxylic acids is 2. The number of benzene rings is 1. The van der Waals surface area contributed by atoms with E-state index in [-0.39, 0.29) is 23.9 Å². The molecule has 0 spiro atoms. The number of piperidine rings is 1. The SMILES string of the molecule is CN(C(=O)C1CCN(C(N)=O)CC1)[C@@H]1CCc2ccccc21. The molecule has 1 atom stereocenters. The summed E-state index contributed by atoms with van der Waals surface area (Å²) in [7, 11) is 1.91. The molecular weight excluding hydrogens is 278 g/mol. The van der Waals surface area contributed by atoms with Crippen LogP contribution in [0.5, 0.6) is 0 Å². The zero-order valence-corrected chi connectivity index (χ0v) is 13.0. The number of nitrogens with zero attached hydrogens (tertiary/aromatic N) is 2. The first kappa shape index (κ1) is 14.9. The predicted molar refractivity (Wildman–Crippen MR) is 84.2 cm³/mol. The third kappa shape index (κ3) is 2.67. The summed E-state index contributed by atoms with van der Waals surface area (Å²) in [6.07, 6.45) is 3.46. The van der Waals surface area contributed by atoms with Gasteiger partial charge in [-0.05, 0) is 36.8 Å². The molecule has 22 heavy (non-hydrogen) atoms. The van der Waals surface area contributed by atoms with E-state index in [0.717, 1.165) is 12.8 Å². The molecule has 3 rings (SSSR count). The lowest BCUT2D eigenvalue weighted by Crippen LogP contribution is -2.45. The zero-order valence-electron chi connectivity index (χ0n) is 13.0. The molecule has 0 bridgehead atoms. The monoisotopic (exact) mass is 301 g/mol. The van der Waals surface area contributed by atoms with Crippen LogP contribution in [-0.2, 0) is 11.2 Å². The number of hydrogen-bond acceptors (Lipinski definition) is 2. The first-order chi connectivity index (χ1) is 10.6. The number of hydrogen-bond donors (Lipinski definition) is 1. The van der Waals surface area contributed by atoms with Crippen molar-refractivity contribution in [2.24, 2.45) is 11.7 Å². The Morgan fingerprint density at radius 2 is 1.86 bits per heavy atom. The number of likely N-dealkylation sites (tertiary alicyclic amines) is 1. The number of primary amides is 1. The third-order valence-electron chi connectivity index (χ3n) is 5.07. The van der Waals surface area contributed by atoms with Crippen LogP contribution in [-0.4, -0.2) is 41.9 Å². The van der Waals surface area contributed by atoms with E-state index in [2.05, 4.69) is 18.2 Å². The number of nitrogens with two attached hydrogens (primary N) is 1. The minimum Gasteiger partial charge on any atom is -0.351 e. The molecule has 1 saturated heterocycles. The van der Waals surface area contributed by atoms with Gasteiger partial charge in [0.1, 0.15) is 0 Å². The minimum absolute atomic E-state index is 0.00774. The van der Waals surface area contributed by atoms with Crippen molar-refractivity contribution in [1.82, 2.24) is 9.80 Å². The van der Waals surface area contributed by atoms with Crippen molar-refractivity contribution in [3.63, 3.8) is 0 Å². The van der Waals surface area contributed by atoms with Gasteiger partial charge in [-0.1, -0.05) is 24.3 Å². The number of aryl methyl sites for hydroxylation is 1. The quantitative estimate of drug-likeness (QED) is 0.907. The van der Waals surface area contributed by atoms with E-state index in [9.17, 15) is 9.59 Å². The molecule has 0 aromatic heterocycles. The van der Waals surface area contributed by atoms with E-state index in [1.807, 2.05) is 18.0 Å². The Bertz CT molecular complexity index is 579. The Balaban J connectivity index is 1.65. The average molecular weight is 301 g/mol. The summed E-state index contributed by atoms with van der Waals surface area (Å²) in [6.45, 7) is 1.17. The fourth-order valence-electron chi connectivity index (χ4n) is 3.73. The van der Waals surface area contributed by atoms with Gasteiger partial charge in [0.25, 0.3) is 0 Å². The number of rotatable bonds is 2. The Hall–Kier alpha value is -2.04. The maximum absolute atomic E-state index is 12.8. The van der Waals surface area contributed by atoms with E-state index in [1.54, 1.807) is 4.90 Å². The van der Waals surface area contributed by atoms with Crippen LogP contribution in [0.25, 0.3) is 0 Å². The molecule has 1 heterocycles. The minimum atomic E-state index is -0.385. The molecule has 5 nitrogen and oxygen atoms in total. The molecule has 1 aliphatic heterocycles. The van der Waals surface area contributed by atoms with Crippen LogP contribution in [0, 0.1) is 5.92 Å². The second-order valence-corrected chi connectivity index (χ2v) is 6.30. The van der Waals surface area contributed by atoms with Gasteiger partial charge < -0.3 is 15.5 Å². The van der Waals surface area contributed by atoms with Gasteiger partial charge in [0.15, 0.2) is 0 Å². The topological polar surface area (TPSA) is 66.6 Å². The fourth-order valence-corrected chi connectivity index (χ4v) is 3.73. The lowest BCUT2D eigenvalue weighted by atomic mass is 9.94. The van der Waals surface area contributed by atoms with Crippen molar-refractivity contribution < 1.29 is 9.59 Å². The van der Waals surface area contributed by atoms with E-state index in [4.69, 9.17) is 5.73 Å². The maximum atomic E-state index is 12.8. The van der Waals surface area contributed by atoms with Gasteiger partial charge >= 0.3 is 6.03 Å². The molecule has 118 valence electrons. The highest BCUT2D eigenvalue weighted by atomic mass is 16.2. The molecule has 5 heteroatoms. The fraction of sp³-hybridized carbons (Fsp3) is 0.529. The lowest BCUT2D eigenvalue weighted by Gasteiger charge is -2.34. The lowest BCUT2D eigenvalue weighted by molar-refractivity contribution is -0.137. The molecule has 2 aliphatic rings. The van der Waals surface area contributed by atoms with Gasteiger partial charge in [-0.15, -0.1) is 0 Å². The first-order valence-electron chi connectivity index (χ1n) is 7.97. The summed E-state index contributed by atoms with van der Waals surface area (Å²) < 4.78 is 0. The van der Waals surface area contributed by atoms with E-state index in [1.165, 1.54) is 11.1 Å². The number of urea groups is 1. The zero-order chi connectivity index (χ0) is 15.7. The van der Waals surface area contributed by atoms with Crippen molar-refractivity contribution in [3.8, 4) is 0 Å². The molecule has 1 aliphatic carbocycles. The molecule has 0 unspecified atom stereocenters. The summed E-state index contributed by atoms with van der Waals surface area (Å²) in [4.78, 5) is 27.5. The molecule has 2 N–H and O–H groups in total. The van der Waals surface area contributed by atoms with Crippen molar-refractivity contribution in [1.29, 1.82) is 0 Å². The summed E-state index contributed by atoms with van der Waals surface area (Å²) in [5.41, 5.74) is 7.94. The Morgan fingerprint density at radius 1 is 1.18 bits per heavy atom. The summed E-state index contributed by atoms with van der Waals surface area (Å²) in [6, 6.07) is 8.19. The second-order valence-electron chi connectivity index (χ2n) is 6.30. The number of carbonyl (C=O) groups is 2. The maximum Gasteiger partial charge on any atom is 0.314 e. The highest BCUT2D eigenvalue weighted by Crippen LogP contribution is 2.36. The van der Waals surface area contributed by atoms with Gasteiger partial charge in [0.2, 0.25) is 5.91 Å². The Kier molecular flexibility index (Phi) is 4.05. The van der Waals surface area contributed by atoms with Crippen LogP contribution in [0.2, 0.25) is 0 Å². The molecule has 1 fully saturated rings. The number of amides is 3. The van der Waals surface area contributed by atoms with E-state index < -0.39 is 0 Å². The van der Waals surface area contributed by atoms with E-state index >= 15 is 0 Å². The van der Waals surface area contributed by atoms with Crippen LogP contribution in [0.3, 0.4) is 0 Å². The smallest absolute Gasteiger partial charge is 0.314 e. The molecular formula is C17H23N3O2. The summed E-state index contributed by atoms with van der Waals surface area (Å²) in [5.74, 6) is 0.208. The molecule has 1 aromatic carbocycles. The van der Waals surface area contributed by atoms with Gasteiger partial charge in [-0.2, -0.15) is 0 Å². The highest BCUT2D eigenvalue weighted by molar-refractivity contribution is 5.80. The van der Waals surface area contributed by atoms with Crippen LogP contribution >= 0.6 is 0 Å². The van der Waals surface area contributed by atoms with Crippen molar-refractivity contribution in [3.05, 3.63) is 35.4 Å².